The smallest absolute Gasteiger partial charge is 0.236 e. The van der Waals surface area contributed by atoms with E-state index in [1.807, 2.05) is 23.9 Å². The average molecular weight is 303 g/mol. The van der Waals surface area contributed by atoms with Crippen molar-refractivity contribution in [3.05, 3.63) is 36.8 Å². The fourth-order valence-electron chi connectivity index (χ4n) is 2.87. The van der Waals surface area contributed by atoms with Crippen molar-refractivity contribution in [2.75, 3.05) is 20.1 Å². The zero-order chi connectivity index (χ0) is 15.4. The maximum atomic E-state index is 12.4. The lowest BCUT2D eigenvalue weighted by Crippen LogP contribution is -2.41. The predicted molar refractivity (Wildman–Crippen MR) is 79.8 cm³/mol. The van der Waals surface area contributed by atoms with Gasteiger partial charge in [-0.25, -0.2) is 4.98 Å². The third kappa shape index (κ3) is 3.54. The SMILES string of the molecule is CN(Cc1ccco1)C(=O)CN1CCC[C@@H]1Cn1cncn1. The molecule has 1 aliphatic rings. The lowest BCUT2D eigenvalue weighted by Gasteiger charge is -2.26. The number of aromatic nitrogens is 3. The van der Waals surface area contributed by atoms with Gasteiger partial charge in [0.1, 0.15) is 18.4 Å². The summed E-state index contributed by atoms with van der Waals surface area (Å²) >= 11 is 0. The summed E-state index contributed by atoms with van der Waals surface area (Å²) in [6.45, 7) is 2.69. The molecular formula is C15H21N5O2. The van der Waals surface area contributed by atoms with E-state index in [0.717, 1.165) is 31.7 Å². The molecule has 0 spiro atoms. The second-order valence-electron chi connectivity index (χ2n) is 5.71. The molecule has 7 heteroatoms. The highest BCUT2D eigenvalue weighted by molar-refractivity contribution is 5.78. The van der Waals surface area contributed by atoms with E-state index in [2.05, 4.69) is 15.0 Å². The van der Waals surface area contributed by atoms with Crippen molar-refractivity contribution in [2.24, 2.45) is 0 Å². The Morgan fingerprint density at radius 1 is 1.55 bits per heavy atom. The van der Waals surface area contributed by atoms with E-state index in [9.17, 15) is 4.79 Å². The summed E-state index contributed by atoms with van der Waals surface area (Å²) < 4.78 is 7.12. The molecule has 22 heavy (non-hydrogen) atoms. The van der Waals surface area contributed by atoms with E-state index in [1.54, 1.807) is 23.8 Å². The molecule has 7 nitrogen and oxygen atoms in total. The quantitative estimate of drug-likeness (QED) is 0.796. The molecule has 0 aliphatic carbocycles. The highest BCUT2D eigenvalue weighted by Crippen LogP contribution is 2.18. The molecule has 0 N–H and O–H groups in total. The van der Waals surface area contributed by atoms with E-state index in [0.29, 0.717) is 19.1 Å². The summed E-state index contributed by atoms with van der Waals surface area (Å²) in [4.78, 5) is 20.3. The standard InChI is InChI=1S/C15H21N5O2/c1-18(9-14-5-3-7-22-14)15(21)10-19-6-2-4-13(19)8-20-12-16-11-17-20/h3,5,7,11-13H,2,4,6,8-10H2,1H3/t13-/m1/s1. The highest BCUT2D eigenvalue weighted by atomic mass is 16.3. The van der Waals surface area contributed by atoms with Gasteiger partial charge in [-0.2, -0.15) is 5.10 Å². The van der Waals surface area contributed by atoms with Gasteiger partial charge >= 0.3 is 0 Å². The minimum atomic E-state index is 0.113. The van der Waals surface area contributed by atoms with Crippen LogP contribution >= 0.6 is 0 Å². The minimum Gasteiger partial charge on any atom is -0.467 e. The number of amides is 1. The van der Waals surface area contributed by atoms with Crippen LogP contribution in [0.3, 0.4) is 0 Å². The van der Waals surface area contributed by atoms with Gasteiger partial charge in [0.05, 0.1) is 25.9 Å². The Morgan fingerprint density at radius 3 is 3.18 bits per heavy atom. The maximum absolute atomic E-state index is 12.4. The van der Waals surface area contributed by atoms with Gasteiger partial charge in [0.25, 0.3) is 0 Å². The monoisotopic (exact) mass is 303 g/mol. The fourth-order valence-corrected chi connectivity index (χ4v) is 2.87. The molecule has 0 unspecified atom stereocenters. The van der Waals surface area contributed by atoms with Crippen LogP contribution < -0.4 is 0 Å². The first-order valence-electron chi connectivity index (χ1n) is 7.55. The Bertz CT molecular complexity index is 581. The number of carbonyl (C=O) groups is 1. The first kappa shape index (κ1) is 14.8. The Morgan fingerprint density at radius 2 is 2.45 bits per heavy atom. The number of hydrogen-bond donors (Lipinski definition) is 0. The summed E-state index contributed by atoms with van der Waals surface area (Å²) in [5.74, 6) is 0.915. The van der Waals surface area contributed by atoms with E-state index >= 15 is 0 Å². The van der Waals surface area contributed by atoms with Crippen LogP contribution in [0.5, 0.6) is 0 Å². The van der Waals surface area contributed by atoms with Crippen LogP contribution in [-0.2, 0) is 17.9 Å². The molecule has 1 saturated heterocycles. The number of carbonyl (C=O) groups excluding carboxylic acids is 1. The topological polar surface area (TPSA) is 67.4 Å². The molecule has 0 radical (unpaired) electrons. The van der Waals surface area contributed by atoms with Crippen LogP contribution in [0.25, 0.3) is 0 Å². The average Bonchev–Trinajstić information content (AvgIpc) is 3.23. The third-order valence-electron chi connectivity index (χ3n) is 4.10. The third-order valence-corrected chi connectivity index (χ3v) is 4.10. The van der Waals surface area contributed by atoms with Crippen molar-refractivity contribution in [1.82, 2.24) is 24.6 Å². The summed E-state index contributed by atoms with van der Waals surface area (Å²) in [5, 5.41) is 4.15. The molecule has 1 amide bonds. The normalized spacial score (nSPS) is 18.7. The van der Waals surface area contributed by atoms with Gasteiger partial charge in [0, 0.05) is 13.1 Å². The molecule has 118 valence electrons. The first-order chi connectivity index (χ1) is 10.7. The minimum absolute atomic E-state index is 0.113. The van der Waals surface area contributed by atoms with Crippen molar-refractivity contribution in [1.29, 1.82) is 0 Å². The highest BCUT2D eigenvalue weighted by Gasteiger charge is 2.27. The van der Waals surface area contributed by atoms with E-state index in [1.165, 1.54) is 0 Å². The lowest BCUT2D eigenvalue weighted by molar-refractivity contribution is -0.132. The molecule has 3 rings (SSSR count). The zero-order valence-electron chi connectivity index (χ0n) is 12.8. The molecule has 1 atom stereocenters. The molecule has 1 aliphatic heterocycles. The summed E-state index contributed by atoms with van der Waals surface area (Å²) in [6, 6.07) is 4.07. The molecule has 0 bridgehead atoms. The van der Waals surface area contributed by atoms with Crippen LogP contribution in [0.2, 0.25) is 0 Å². The Kier molecular flexibility index (Phi) is 4.53. The Labute approximate surface area is 129 Å². The molecular weight excluding hydrogens is 282 g/mol. The van der Waals surface area contributed by atoms with Crippen molar-refractivity contribution in [3.63, 3.8) is 0 Å². The Hall–Kier alpha value is -2.15. The van der Waals surface area contributed by atoms with Gasteiger partial charge in [-0.05, 0) is 31.5 Å². The van der Waals surface area contributed by atoms with Crippen molar-refractivity contribution in [2.45, 2.75) is 32.0 Å². The van der Waals surface area contributed by atoms with Crippen LogP contribution in [0.4, 0.5) is 0 Å². The van der Waals surface area contributed by atoms with Gasteiger partial charge in [0.15, 0.2) is 0 Å². The van der Waals surface area contributed by atoms with E-state index in [-0.39, 0.29) is 5.91 Å². The number of furan rings is 1. The number of likely N-dealkylation sites (N-methyl/N-ethyl adjacent to an activating group) is 1. The largest absolute Gasteiger partial charge is 0.467 e. The van der Waals surface area contributed by atoms with E-state index in [4.69, 9.17) is 4.42 Å². The molecule has 0 aromatic carbocycles. The van der Waals surface area contributed by atoms with Gasteiger partial charge in [-0.1, -0.05) is 0 Å². The summed E-state index contributed by atoms with van der Waals surface area (Å²) in [7, 11) is 1.81. The van der Waals surface area contributed by atoms with Gasteiger partial charge in [-0.15, -0.1) is 0 Å². The fraction of sp³-hybridized carbons (Fsp3) is 0.533. The first-order valence-corrected chi connectivity index (χ1v) is 7.55. The van der Waals surface area contributed by atoms with Gasteiger partial charge < -0.3 is 9.32 Å². The van der Waals surface area contributed by atoms with Crippen LogP contribution in [0, 0.1) is 0 Å². The summed E-state index contributed by atoms with van der Waals surface area (Å²) in [5.41, 5.74) is 0. The maximum Gasteiger partial charge on any atom is 0.236 e. The van der Waals surface area contributed by atoms with Gasteiger partial charge in [0.2, 0.25) is 5.91 Å². The van der Waals surface area contributed by atoms with Crippen LogP contribution in [0.15, 0.2) is 35.5 Å². The van der Waals surface area contributed by atoms with Crippen LogP contribution in [-0.4, -0.2) is 56.7 Å². The number of rotatable bonds is 6. The van der Waals surface area contributed by atoms with Crippen LogP contribution in [0.1, 0.15) is 18.6 Å². The number of likely N-dealkylation sites (tertiary alicyclic amines) is 1. The molecule has 1 fully saturated rings. The second-order valence-corrected chi connectivity index (χ2v) is 5.71. The number of nitrogens with zero attached hydrogens (tertiary/aromatic N) is 5. The van der Waals surface area contributed by atoms with Gasteiger partial charge in [-0.3, -0.25) is 14.4 Å². The molecule has 2 aromatic heterocycles. The Balaban J connectivity index is 1.53. The predicted octanol–water partition coefficient (Wildman–Crippen LogP) is 0.994. The van der Waals surface area contributed by atoms with E-state index < -0.39 is 0 Å². The zero-order valence-corrected chi connectivity index (χ0v) is 12.8. The van der Waals surface area contributed by atoms with Crippen molar-refractivity contribution < 1.29 is 9.21 Å². The second kappa shape index (κ2) is 6.74. The molecule has 0 saturated carbocycles. The lowest BCUT2D eigenvalue weighted by atomic mass is 10.2. The van der Waals surface area contributed by atoms with Crippen molar-refractivity contribution in [3.8, 4) is 0 Å². The van der Waals surface area contributed by atoms with Crippen molar-refractivity contribution >= 4 is 5.91 Å². The molecule has 2 aromatic rings. The number of hydrogen-bond acceptors (Lipinski definition) is 5. The molecule has 3 heterocycles. The summed E-state index contributed by atoms with van der Waals surface area (Å²) in [6.07, 6.45) is 7.11.